The van der Waals surface area contributed by atoms with E-state index in [1.54, 1.807) is 36.4 Å². The van der Waals surface area contributed by atoms with Gasteiger partial charge in [-0.15, -0.1) is 0 Å². The summed E-state index contributed by atoms with van der Waals surface area (Å²) in [6, 6.07) is 20.1. The first kappa shape index (κ1) is 31.7. The lowest BCUT2D eigenvalue weighted by atomic mass is 10.1. The van der Waals surface area contributed by atoms with E-state index in [9.17, 15) is 18.0 Å². The largest absolute Gasteiger partial charge is 0.492 e. The van der Waals surface area contributed by atoms with Crippen molar-refractivity contribution < 1.29 is 22.7 Å². The predicted molar refractivity (Wildman–Crippen MR) is 162 cm³/mol. The van der Waals surface area contributed by atoms with Gasteiger partial charge in [-0.1, -0.05) is 67.9 Å². The minimum atomic E-state index is -4.18. The van der Waals surface area contributed by atoms with E-state index in [-0.39, 0.29) is 23.0 Å². The standard InChI is InChI=1S/C32H41N3O5S/c1-6-21-33-32(37)28(7-2)34(22-26-14-10-9-13-25(26)5)31(36)23-35(29-15-11-12-16-30(29)40-8-3)41(38,39)27-19-17-24(4)18-20-27/h9-20,28H,6-8,21-23H2,1-5H3,(H,33,37)/t28-/m1/s1. The number of benzene rings is 3. The van der Waals surface area contributed by atoms with Crippen molar-refractivity contribution in [1.82, 2.24) is 10.2 Å². The Hall–Kier alpha value is -3.85. The molecule has 8 nitrogen and oxygen atoms in total. The predicted octanol–water partition coefficient (Wildman–Crippen LogP) is 5.23. The molecule has 0 saturated carbocycles. The molecule has 0 unspecified atom stereocenters. The van der Waals surface area contributed by atoms with Crippen molar-refractivity contribution in [3.05, 3.63) is 89.5 Å². The summed E-state index contributed by atoms with van der Waals surface area (Å²) in [5.74, 6) is -0.413. The Balaban J connectivity index is 2.11. The lowest BCUT2D eigenvalue weighted by Gasteiger charge is -2.34. The van der Waals surface area contributed by atoms with Crippen molar-refractivity contribution in [3.8, 4) is 5.75 Å². The molecule has 0 bridgehead atoms. The van der Waals surface area contributed by atoms with Crippen LogP contribution < -0.4 is 14.4 Å². The number of hydrogen-bond acceptors (Lipinski definition) is 5. The maximum absolute atomic E-state index is 14.2. The number of sulfonamides is 1. The number of amides is 2. The van der Waals surface area contributed by atoms with E-state index >= 15 is 0 Å². The summed E-state index contributed by atoms with van der Waals surface area (Å²) in [6.07, 6.45) is 1.12. The molecule has 3 aromatic rings. The van der Waals surface area contributed by atoms with Crippen LogP contribution in [0.1, 0.15) is 50.3 Å². The maximum atomic E-state index is 14.2. The van der Waals surface area contributed by atoms with Gasteiger partial charge in [0.25, 0.3) is 10.0 Å². The van der Waals surface area contributed by atoms with Crippen molar-refractivity contribution >= 4 is 27.5 Å². The van der Waals surface area contributed by atoms with Gasteiger partial charge in [0, 0.05) is 13.1 Å². The molecule has 0 aliphatic rings. The van der Waals surface area contributed by atoms with E-state index in [1.165, 1.54) is 17.0 Å². The summed E-state index contributed by atoms with van der Waals surface area (Å²) >= 11 is 0. The molecule has 0 fully saturated rings. The number of rotatable bonds is 14. The highest BCUT2D eigenvalue weighted by atomic mass is 32.2. The summed E-state index contributed by atoms with van der Waals surface area (Å²) in [5.41, 5.74) is 3.02. The smallest absolute Gasteiger partial charge is 0.264 e. The minimum Gasteiger partial charge on any atom is -0.492 e. The Kier molecular flexibility index (Phi) is 11.3. The molecule has 2 amide bonds. The van der Waals surface area contributed by atoms with Crippen molar-refractivity contribution in [3.63, 3.8) is 0 Å². The molecule has 41 heavy (non-hydrogen) atoms. The number of carbonyl (C=O) groups excluding carboxylic acids is 2. The highest BCUT2D eigenvalue weighted by Gasteiger charge is 2.34. The van der Waals surface area contributed by atoms with Gasteiger partial charge in [-0.2, -0.15) is 0 Å². The van der Waals surface area contributed by atoms with Crippen LogP contribution in [0.15, 0.2) is 77.7 Å². The molecular formula is C32H41N3O5S. The van der Waals surface area contributed by atoms with Crippen LogP contribution in [0.25, 0.3) is 0 Å². The number of hydrogen-bond donors (Lipinski definition) is 1. The molecule has 220 valence electrons. The second-order valence-electron chi connectivity index (χ2n) is 9.89. The van der Waals surface area contributed by atoms with E-state index < -0.39 is 28.5 Å². The summed E-state index contributed by atoms with van der Waals surface area (Å²) in [7, 11) is -4.18. The second kappa shape index (κ2) is 14.7. The summed E-state index contributed by atoms with van der Waals surface area (Å²) in [6.45, 7) is 9.89. The number of carbonyl (C=O) groups is 2. The van der Waals surface area contributed by atoms with Crippen molar-refractivity contribution in [2.75, 3.05) is 24.0 Å². The fourth-order valence-electron chi connectivity index (χ4n) is 4.55. The third-order valence-electron chi connectivity index (χ3n) is 6.86. The van der Waals surface area contributed by atoms with Crippen LogP contribution in [0.5, 0.6) is 5.75 Å². The molecule has 0 heterocycles. The van der Waals surface area contributed by atoms with Crippen LogP contribution in [0.4, 0.5) is 5.69 Å². The van der Waals surface area contributed by atoms with Crippen LogP contribution >= 0.6 is 0 Å². The number of nitrogens with zero attached hydrogens (tertiary/aromatic N) is 2. The average molecular weight is 580 g/mol. The number of nitrogens with one attached hydrogen (secondary N) is 1. The summed E-state index contributed by atoms with van der Waals surface area (Å²) in [4.78, 5) is 29.0. The highest BCUT2D eigenvalue weighted by Crippen LogP contribution is 2.33. The van der Waals surface area contributed by atoms with Gasteiger partial charge in [-0.3, -0.25) is 13.9 Å². The molecule has 0 saturated heterocycles. The van der Waals surface area contributed by atoms with Crippen molar-refractivity contribution in [1.29, 1.82) is 0 Å². The minimum absolute atomic E-state index is 0.0559. The van der Waals surface area contributed by atoms with Gasteiger partial charge in [-0.25, -0.2) is 8.42 Å². The number of anilines is 1. The quantitative estimate of drug-likeness (QED) is 0.282. The maximum Gasteiger partial charge on any atom is 0.264 e. The van der Waals surface area contributed by atoms with Gasteiger partial charge in [0.2, 0.25) is 11.8 Å². The van der Waals surface area contributed by atoms with Gasteiger partial charge < -0.3 is 15.0 Å². The average Bonchev–Trinajstić information content (AvgIpc) is 2.96. The van der Waals surface area contributed by atoms with Gasteiger partial charge in [0.05, 0.1) is 17.2 Å². The number of para-hydroxylation sites is 2. The van der Waals surface area contributed by atoms with Gasteiger partial charge in [-0.05, 0) is 69.0 Å². The van der Waals surface area contributed by atoms with E-state index in [1.807, 2.05) is 58.9 Å². The topological polar surface area (TPSA) is 96.0 Å². The molecule has 0 aliphatic carbocycles. The van der Waals surface area contributed by atoms with E-state index in [2.05, 4.69) is 5.32 Å². The molecule has 0 spiro atoms. The fraction of sp³-hybridized carbons (Fsp3) is 0.375. The lowest BCUT2D eigenvalue weighted by Crippen LogP contribution is -2.52. The second-order valence-corrected chi connectivity index (χ2v) is 11.8. The zero-order valence-corrected chi connectivity index (χ0v) is 25.4. The van der Waals surface area contributed by atoms with Crippen LogP contribution in [0, 0.1) is 13.8 Å². The zero-order chi connectivity index (χ0) is 30.0. The van der Waals surface area contributed by atoms with Crippen molar-refractivity contribution in [2.24, 2.45) is 0 Å². The van der Waals surface area contributed by atoms with E-state index in [0.717, 1.165) is 27.4 Å². The van der Waals surface area contributed by atoms with Gasteiger partial charge in [0.15, 0.2) is 0 Å². The van der Waals surface area contributed by atoms with E-state index in [0.29, 0.717) is 25.3 Å². The first-order valence-electron chi connectivity index (χ1n) is 14.1. The number of aryl methyl sites for hydroxylation is 2. The third-order valence-corrected chi connectivity index (χ3v) is 8.63. The van der Waals surface area contributed by atoms with Gasteiger partial charge in [0.1, 0.15) is 18.3 Å². The Labute approximate surface area is 244 Å². The lowest BCUT2D eigenvalue weighted by molar-refractivity contribution is -0.140. The molecular weight excluding hydrogens is 538 g/mol. The molecule has 0 radical (unpaired) electrons. The Morgan fingerprint density at radius 1 is 0.902 bits per heavy atom. The highest BCUT2D eigenvalue weighted by molar-refractivity contribution is 7.92. The number of ether oxygens (including phenoxy) is 1. The first-order chi connectivity index (χ1) is 19.6. The fourth-order valence-corrected chi connectivity index (χ4v) is 5.97. The van der Waals surface area contributed by atoms with Crippen LogP contribution in [-0.4, -0.2) is 50.9 Å². The molecule has 1 atom stereocenters. The molecule has 3 rings (SSSR count). The first-order valence-corrected chi connectivity index (χ1v) is 15.5. The Morgan fingerprint density at radius 2 is 1.56 bits per heavy atom. The molecule has 0 aromatic heterocycles. The molecule has 9 heteroatoms. The van der Waals surface area contributed by atoms with Crippen molar-refractivity contribution in [2.45, 2.75) is 64.9 Å². The molecule has 1 N–H and O–H groups in total. The SMILES string of the molecule is CCCNC(=O)[C@@H](CC)N(Cc1ccccc1C)C(=O)CN(c1ccccc1OCC)S(=O)(=O)c1ccc(C)cc1. The third kappa shape index (κ3) is 7.88. The summed E-state index contributed by atoms with van der Waals surface area (Å²) in [5, 5.41) is 2.91. The normalized spacial score (nSPS) is 11.9. The zero-order valence-electron chi connectivity index (χ0n) is 24.6. The Bertz CT molecular complexity index is 1420. The monoisotopic (exact) mass is 579 g/mol. The van der Waals surface area contributed by atoms with Crippen LogP contribution in [-0.2, 0) is 26.2 Å². The Morgan fingerprint density at radius 3 is 2.20 bits per heavy atom. The van der Waals surface area contributed by atoms with E-state index in [4.69, 9.17) is 4.74 Å². The van der Waals surface area contributed by atoms with Gasteiger partial charge >= 0.3 is 0 Å². The summed E-state index contributed by atoms with van der Waals surface area (Å²) < 4.78 is 35.1. The molecule has 3 aromatic carbocycles. The molecule has 0 aliphatic heterocycles. The van der Waals surface area contributed by atoms with Crippen LogP contribution in [0.2, 0.25) is 0 Å². The van der Waals surface area contributed by atoms with Crippen LogP contribution in [0.3, 0.4) is 0 Å².